The lowest BCUT2D eigenvalue weighted by atomic mass is 9.91. The van der Waals surface area contributed by atoms with Gasteiger partial charge in [0.25, 0.3) is 0 Å². The van der Waals surface area contributed by atoms with Crippen LogP contribution in [0.2, 0.25) is 0 Å². The van der Waals surface area contributed by atoms with E-state index in [0.29, 0.717) is 12.5 Å². The van der Waals surface area contributed by atoms with E-state index in [9.17, 15) is 5.11 Å². The van der Waals surface area contributed by atoms with E-state index in [1.165, 1.54) is 0 Å². The summed E-state index contributed by atoms with van der Waals surface area (Å²) in [7, 11) is 1.77. The highest BCUT2D eigenvalue weighted by atomic mass is 16.5. The van der Waals surface area contributed by atoms with Gasteiger partial charge in [-0.15, -0.1) is 0 Å². The molecule has 1 fully saturated rings. The Kier molecular flexibility index (Phi) is 3.96. The van der Waals surface area contributed by atoms with Crippen LogP contribution in [0.3, 0.4) is 0 Å². The Morgan fingerprint density at radius 3 is 2.95 bits per heavy atom. The number of aliphatic hydroxyl groups is 1. The van der Waals surface area contributed by atoms with Crippen LogP contribution in [-0.4, -0.2) is 49.0 Å². The molecule has 3 rings (SSSR count). The van der Waals surface area contributed by atoms with Crippen molar-refractivity contribution in [3.8, 4) is 5.75 Å². The lowest BCUT2D eigenvalue weighted by Crippen LogP contribution is -2.53. The third-order valence-electron chi connectivity index (χ3n) is 4.70. The van der Waals surface area contributed by atoms with Gasteiger partial charge in [-0.05, 0) is 24.9 Å². The van der Waals surface area contributed by atoms with Crippen LogP contribution in [0.15, 0.2) is 24.3 Å². The maximum atomic E-state index is 10.6. The first kappa shape index (κ1) is 13.9. The molecule has 0 aromatic heterocycles. The quantitative estimate of drug-likeness (QED) is 0.895. The van der Waals surface area contributed by atoms with E-state index in [-0.39, 0.29) is 12.1 Å². The number of piperidine rings is 1. The predicted octanol–water partition coefficient (Wildman–Crippen LogP) is 1.84. The number of rotatable bonds is 2. The molecule has 0 bridgehead atoms. The summed E-state index contributed by atoms with van der Waals surface area (Å²) in [6.07, 6.45) is 0.864. The highest BCUT2D eigenvalue weighted by molar-refractivity contribution is 5.37. The molecule has 2 heterocycles. The molecule has 4 unspecified atom stereocenters. The maximum Gasteiger partial charge on any atom is 0.125 e. The van der Waals surface area contributed by atoms with Gasteiger partial charge in [-0.1, -0.05) is 25.1 Å². The zero-order chi connectivity index (χ0) is 14.1. The molecular weight excluding hydrogens is 254 g/mol. The van der Waals surface area contributed by atoms with Crippen molar-refractivity contribution in [3.63, 3.8) is 0 Å². The SMILES string of the molecule is COC1CN(C2COc3ccccc3C2O)CCC1C. The van der Waals surface area contributed by atoms with Crippen LogP contribution in [0.25, 0.3) is 0 Å². The molecule has 0 aliphatic carbocycles. The van der Waals surface area contributed by atoms with Gasteiger partial charge < -0.3 is 14.6 Å². The summed E-state index contributed by atoms with van der Waals surface area (Å²) in [5.74, 6) is 1.38. The van der Waals surface area contributed by atoms with Gasteiger partial charge in [0.1, 0.15) is 18.5 Å². The van der Waals surface area contributed by atoms with Gasteiger partial charge in [0.05, 0.1) is 12.1 Å². The first-order valence-electron chi connectivity index (χ1n) is 7.37. The summed E-state index contributed by atoms with van der Waals surface area (Å²) >= 11 is 0. The summed E-state index contributed by atoms with van der Waals surface area (Å²) in [6, 6.07) is 7.78. The molecular formula is C16H23NO3. The minimum Gasteiger partial charge on any atom is -0.491 e. The standard InChI is InChI=1S/C16H23NO3/c1-11-7-8-17(9-15(11)19-2)13-10-20-14-6-4-3-5-12(14)16(13)18/h3-6,11,13,15-16,18H,7-10H2,1-2H3. The van der Waals surface area contributed by atoms with Crippen molar-refractivity contribution in [1.82, 2.24) is 4.90 Å². The van der Waals surface area contributed by atoms with Crippen LogP contribution >= 0.6 is 0 Å². The number of nitrogens with zero attached hydrogens (tertiary/aromatic N) is 1. The Morgan fingerprint density at radius 2 is 2.15 bits per heavy atom. The first-order chi connectivity index (χ1) is 9.70. The molecule has 0 radical (unpaired) electrons. The number of likely N-dealkylation sites (tertiary alicyclic amines) is 1. The highest BCUT2D eigenvalue weighted by Gasteiger charge is 2.37. The fourth-order valence-electron chi connectivity index (χ4n) is 3.30. The van der Waals surface area contributed by atoms with Gasteiger partial charge >= 0.3 is 0 Å². The van der Waals surface area contributed by atoms with Gasteiger partial charge in [-0.25, -0.2) is 0 Å². The van der Waals surface area contributed by atoms with Crippen molar-refractivity contribution in [2.24, 2.45) is 5.92 Å². The Labute approximate surface area is 120 Å². The molecule has 1 saturated heterocycles. The van der Waals surface area contributed by atoms with Gasteiger partial charge in [0.15, 0.2) is 0 Å². The number of benzene rings is 1. The smallest absolute Gasteiger partial charge is 0.125 e. The van der Waals surface area contributed by atoms with Crippen LogP contribution in [0, 0.1) is 5.92 Å². The fraction of sp³-hybridized carbons (Fsp3) is 0.625. The minimum atomic E-state index is -0.481. The van der Waals surface area contributed by atoms with E-state index in [1.54, 1.807) is 7.11 Å². The summed E-state index contributed by atoms with van der Waals surface area (Å²) in [4.78, 5) is 2.31. The summed E-state index contributed by atoms with van der Waals surface area (Å²) in [5, 5.41) is 10.6. The predicted molar refractivity (Wildman–Crippen MR) is 76.8 cm³/mol. The minimum absolute atomic E-state index is 0.0232. The highest BCUT2D eigenvalue weighted by Crippen LogP contribution is 2.35. The average Bonchev–Trinajstić information content (AvgIpc) is 2.49. The molecule has 4 heteroatoms. The molecule has 0 spiro atoms. The van der Waals surface area contributed by atoms with E-state index < -0.39 is 6.10 Å². The number of para-hydroxylation sites is 1. The van der Waals surface area contributed by atoms with Crippen molar-refractivity contribution >= 4 is 0 Å². The second-order valence-corrected chi connectivity index (χ2v) is 5.90. The lowest BCUT2D eigenvalue weighted by Gasteiger charge is -2.43. The number of ether oxygens (including phenoxy) is 2. The Morgan fingerprint density at radius 1 is 1.35 bits per heavy atom. The molecule has 2 aliphatic heterocycles. The van der Waals surface area contributed by atoms with E-state index in [1.807, 2.05) is 24.3 Å². The van der Waals surface area contributed by atoms with Crippen molar-refractivity contribution in [2.75, 3.05) is 26.8 Å². The van der Waals surface area contributed by atoms with Crippen molar-refractivity contribution in [1.29, 1.82) is 0 Å². The fourth-order valence-corrected chi connectivity index (χ4v) is 3.30. The Hall–Kier alpha value is -1.10. The first-order valence-corrected chi connectivity index (χ1v) is 7.37. The number of aliphatic hydroxyl groups excluding tert-OH is 1. The van der Waals surface area contributed by atoms with E-state index in [2.05, 4.69) is 11.8 Å². The van der Waals surface area contributed by atoms with Gasteiger partial charge in [-0.3, -0.25) is 4.90 Å². The number of hydrogen-bond acceptors (Lipinski definition) is 4. The molecule has 1 N–H and O–H groups in total. The van der Waals surface area contributed by atoms with Crippen LogP contribution in [0.5, 0.6) is 5.75 Å². The lowest BCUT2D eigenvalue weighted by molar-refractivity contribution is -0.0606. The van der Waals surface area contributed by atoms with E-state index in [4.69, 9.17) is 9.47 Å². The molecule has 20 heavy (non-hydrogen) atoms. The third kappa shape index (κ3) is 2.43. The molecule has 1 aromatic carbocycles. The van der Waals surface area contributed by atoms with Crippen LogP contribution in [0.1, 0.15) is 25.0 Å². The van der Waals surface area contributed by atoms with E-state index >= 15 is 0 Å². The molecule has 2 aliphatic rings. The van der Waals surface area contributed by atoms with Crippen LogP contribution < -0.4 is 4.74 Å². The molecule has 4 nitrogen and oxygen atoms in total. The van der Waals surface area contributed by atoms with Gasteiger partial charge in [0, 0.05) is 19.2 Å². The van der Waals surface area contributed by atoms with Crippen LogP contribution in [0.4, 0.5) is 0 Å². The molecule has 0 amide bonds. The van der Waals surface area contributed by atoms with Gasteiger partial charge in [-0.2, -0.15) is 0 Å². The zero-order valence-corrected chi connectivity index (χ0v) is 12.2. The maximum absolute atomic E-state index is 10.6. The zero-order valence-electron chi connectivity index (χ0n) is 12.2. The molecule has 110 valence electrons. The second kappa shape index (κ2) is 5.72. The van der Waals surface area contributed by atoms with Crippen LogP contribution in [-0.2, 0) is 4.74 Å². The largest absolute Gasteiger partial charge is 0.491 e. The molecule has 0 saturated carbocycles. The molecule has 1 aromatic rings. The second-order valence-electron chi connectivity index (χ2n) is 5.90. The Bertz CT molecular complexity index is 465. The molecule has 4 atom stereocenters. The van der Waals surface area contributed by atoms with Gasteiger partial charge in [0.2, 0.25) is 0 Å². The summed E-state index contributed by atoms with van der Waals surface area (Å²) in [6.45, 7) is 4.64. The number of fused-ring (bicyclic) bond motifs is 1. The third-order valence-corrected chi connectivity index (χ3v) is 4.70. The van der Waals surface area contributed by atoms with Crippen molar-refractivity contribution in [2.45, 2.75) is 31.6 Å². The van der Waals surface area contributed by atoms with Crippen molar-refractivity contribution < 1.29 is 14.6 Å². The topological polar surface area (TPSA) is 41.9 Å². The average molecular weight is 277 g/mol. The van der Waals surface area contributed by atoms with Crippen molar-refractivity contribution in [3.05, 3.63) is 29.8 Å². The number of hydrogen-bond donors (Lipinski definition) is 1. The monoisotopic (exact) mass is 277 g/mol. The summed E-state index contributed by atoms with van der Waals surface area (Å²) < 4.78 is 11.4. The van der Waals surface area contributed by atoms with E-state index in [0.717, 1.165) is 30.8 Å². The summed E-state index contributed by atoms with van der Waals surface area (Å²) in [5.41, 5.74) is 0.899. The Balaban J connectivity index is 1.76. The number of methoxy groups -OCH3 is 1. The normalized spacial score (nSPS) is 34.4.